The molecule has 0 fully saturated rings. The predicted molar refractivity (Wildman–Crippen MR) is 127 cm³/mol. The normalized spacial score (nSPS) is 11.7. The van der Waals surface area contributed by atoms with Gasteiger partial charge in [0.1, 0.15) is 17.5 Å². The zero-order valence-electron chi connectivity index (χ0n) is 19.9. The summed E-state index contributed by atoms with van der Waals surface area (Å²) in [5, 5.41) is 2.93. The number of rotatable bonds is 12. The number of para-hydroxylation sites is 1. The summed E-state index contributed by atoms with van der Waals surface area (Å²) in [7, 11) is 1.61. The zero-order valence-corrected chi connectivity index (χ0v) is 19.9. The van der Waals surface area contributed by atoms with Crippen molar-refractivity contribution in [3.05, 3.63) is 59.7 Å². The summed E-state index contributed by atoms with van der Waals surface area (Å²) < 4.78 is 11.2. The largest absolute Gasteiger partial charge is 0.497 e. The second kappa shape index (κ2) is 12.7. The summed E-state index contributed by atoms with van der Waals surface area (Å²) in [5.41, 5.74) is 1.97. The van der Waals surface area contributed by atoms with Crippen LogP contribution >= 0.6 is 0 Å². The molecule has 174 valence electrons. The molecule has 2 amide bonds. The van der Waals surface area contributed by atoms with Crippen LogP contribution in [0.3, 0.4) is 0 Å². The number of nitrogens with one attached hydrogen (secondary N) is 1. The van der Waals surface area contributed by atoms with Crippen molar-refractivity contribution in [2.45, 2.75) is 59.0 Å². The first kappa shape index (κ1) is 25.2. The SMILES string of the molecule is CCCNC(=O)[C@@H](CC)N(Cc1ccc(OC)cc1)C(=O)COc1ccccc1C(C)C. The van der Waals surface area contributed by atoms with Crippen molar-refractivity contribution in [2.24, 2.45) is 0 Å². The highest BCUT2D eigenvalue weighted by atomic mass is 16.5. The Morgan fingerprint density at radius 1 is 1.03 bits per heavy atom. The van der Waals surface area contributed by atoms with Crippen molar-refractivity contribution in [3.8, 4) is 11.5 Å². The van der Waals surface area contributed by atoms with E-state index in [1.807, 2.05) is 62.4 Å². The van der Waals surface area contributed by atoms with E-state index in [1.165, 1.54) is 0 Å². The Bertz CT molecular complexity index is 864. The van der Waals surface area contributed by atoms with Gasteiger partial charge in [-0.1, -0.05) is 58.0 Å². The van der Waals surface area contributed by atoms with Crippen LogP contribution in [0.1, 0.15) is 57.6 Å². The van der Waals surface area contributed by atoms with Gasteiger partial charge >= 0.3 is 0 Å². The summed E-state index contributed by atoms with van der Waals surface area (Å²) in [6.45, 7) is 8.86. The number of carbonyl (C=O) groups is 2. The molecule has 1 atom stereocenters. The van der Waals surface area contributed by atoms with Crippen molar-refractivity contribution in [3.63, 3.8) is 0 Å². The summed E-state index contributed by atoms with van der Waals surface area (Å²) in [4.78, 5) is 27.7. The van der Waals surface area contributed by atoms with Crippen LogP contribution in [0.5, 0.6) is 11.5 Å². The topological polar surface area (TPSA) is 67.9 Å². The van der Waals surface area contributed by atoms with Crippen molar-refractivity contribution in [1.82, 2.24) is 10.2 Å². The monoisotopic (exact) mass is 440 g/mol. The van der Waals surface area contributed by atoms with Crippen molar-refractivity contribution in [1.29, 1.82) is 0 Å². The lowest BCUT2D eigenvalue weighted by atomic mass is 10.0. The number of ether oxygens (including phenoxy) is 2. The van der Waals surface area contributed by atoms with Crippen LogP contribution < -0.4 is 14.8 Å². The molecule has 2 rings (SSSR count). The van der Waals surface area contributed by atoms with E-state index < -0.39 is 6.04 Å². The summed E-state index contributed by atoms with van der Waals surface area (Å²) in [6, 6.07) is 14.7. The van der Waals surface area contributed by atoms with Crippen LogP contribution in [0.2, 0.25) is 0 Å². The third-order valence-electron chi connectivity index (χ3n) is 5.34. The first-order valence-electron chi connectivity index (χ1n) is 11.3. The quantitative estimate of drug-likeness (QED) is 0.526. The third-order valence-corrected chi connectivity index (χ3v) is 5.34. The van der Waals surface area contributed by atoms with Gasteiger partial charge in [-0.05, 0) is 48.1 Å². The number of methoxy groups -OCH3 is 1. The minimum atomic E-state index is -0.569. The Hall–Kier alpha value is -3.02. The molecule has 0 heterocycles. The van der Waals surface area contributed by atoms with E-state index in [0.29, 0.717) is 25.3 Å². The Balaban J connectivity index is 2.23. The van der Waals surface area contributed by atoms with Gasteiger partial charge < -0.3 is 19.7 Å². The highest BCUT2D eigenvalue weighted by molar-refractivity contribution is 5.88. The van der Waals surface area contributed by atoms with Crippen LogP contribution in [-0.4, -0.2) is 43.0 Å². The smallest absolute Gasteiger partial charge is 0.261 e. The average molecular weight is 441 g/mol. The van der Waals surface area contributed by atoms with Crippen molar-refractivity contribution < 1.29 is 19.1 Å². The van der Waals surface area contributed by atoms with Crippen LogP contribution in [0.4, 0.5) is 0 Å². The van der Waals surface area contributed by atoms with Crippen molar-refractivity contribution in [2.75, 3.05) is 20.3 Å². The first-order valence-corrected chi connectivity index (χ1v) is 11.3. The number of amides is 2. The van der Waals surface area contributed by atoms with E-state index in [4.69, 9.17) is 9.47 Å². The van der Waals surface area contributed by atoms with Crippen molar-refractivity contribution >= 4 is 11.8 Å². The van der Waals surface area contributed by atoms with Crippen LogP contribution in [0.15, 0.2) is 48.5 Å². The van der Waals surface area contributed by atoms with Gasteiger partial charge in [0.2, 0.25) is 5.91 Å². The second-order valence-corrected chi connectivity index (χ2v) is 8.07. The number of hydrogen-bond acceptors (Lipinski definition) is 4. The predicted octanol–water partition coefficient (Wildman–Crippen LogP) is 4.53. The van der Waals surface area contributed by atoms with E-state index in [9.17, 15) is 9.59 Å². The molecule has 2 aromatic carbocycles. The van der Waals surface area contributed by atoms with Gasteiger partial charge in [-0.2, -0.15) is 0 Å². The molecule has 0 aliphatic carbocycles. The minimum Gasteiger partial charge on any atom is -0.497 e. The molecule has 0 aromatic heterocycles. The highest BCUT2D eigenvalue weighted by Gasteiger charge is 2.29. The molecule has 32 heavy (non-hydrogen) atoms. The van der Waals surface area contributed by atoms with Crippen LogP contribution in [0.25, 0.3) is 0 Å². The number of nitrogens with zero attached hydrogens (tertiary/aromatic N) is 1. The second-order valence-electron chi connectivity index (χ2n) is 8.07. The van der Waals surface area contributed by atoms with E-state index in [1.54, 1.807) is 12.0 Å². The third kappa shape index (κ3) is 7.01. The van der Waals surface area contributed by atoms with Gasteiger partial charge in [0.15, 0.2) is 6.61 Å². The molecule has 1 N–H and O–H groups in total. The molecule has 0 saturated heterocycles. The number of benzene rings is 2. The summed E-state index contributed by atoms with van der Waals surface area (Å²) >= 11 is 0. The molecule has 0 radical (unpaired) electrons. The maximum atomic E-state index is 13.3. The van der Waals surface area contributed by atoms with Gasteiger partial charge in [0.05, 0.1) is 7.11 Å². The maximum absolute atomic E-state index is 13.3. The van der Waals surface area contributed by atoms with Gasteiger partial charge in [0, 0.05) is 13.1 Å². The molecule has 6 nitrogen and oxygen atoms in total. The maximum Gasteiger partial charge on any atom is 0.261 e. The first-order chi connectivity index (χ1) is 15.4. The lowest BCUT2D eigenvalue weighted by Crippen LogP contribution is -2.50. The van der Waals surface area contributed by atoms with Gasteiger partial charge in [-0.25, -0.2) is 0 Å². The highest BCUT2D eigenvalue weighted by Crippen LogP contribution is 2.26. The number of hydrogen-bond donors (Lipinski definition) is 1. The molecule has 0 aliphatic rings. The van der Waals surface area contributed by atoms with E-state index in [-0.39, 0.29) is 24.3 Å². The van der Waals surface area contributed by atoms with Crippen LogP contribution in [0, 0.1) is 0 Å². The Morgan fingerprint density at radius 2 is 1.72 bits per heavy atom. The van der Waals surface area contributed by atoms with Gasteiger partial charge in [-0.3, -0.25) is 9.59 Å². The summed E-state index contributed by atoms with van der Waals surface area (Å²) in [6.07, 6.45) is 1.35. The standard InChI is InChI=1S/C26H36N2O4/c1-6-16-27-26(30)23(7-2)28(17-20-12-14-21(31-5)15-13-20)25(29)18-32-24-11-9-8-10-22(24)19(3)4/h8-15,19,23H,6-7,16-18H2,1-5H3,(H,27,30)/t23-/m1/s1. The van der Waals surface area contributed by atoms with Gasteiger partial charge in [0.25, 0.3) is 5.91 Å². The van der Waals surface area contributed by atoms with E-state index >= 15 is 0 Å². The Morgan fingerprint density at radius 3 is 2.31 bits per heavy atom. The van der Waals surface area contributed by atoms with Crippen LogP contribution in [-0.2, 0) is 16.1 Å². The summed E-state index contributed by atoms with van der Waals surface area (Å²) in [5.74, 6) is 1.35. The van der Waals surface area contributed by atoms with Gasteiger partial charge in [-0.15, -0.1) is 0 Å². The molecule has 0 spiro atoms. The lowest BCUT2D eigenvalue weighted by Gasteiger charge is -2.30. The fourth-order valence-corrected chi connectivity index (χ4v) is 3.52. The molecular weight excluding hydrogens is 404 g/mol. The number of carbonyl (C=O) groups excluding carboxylic acids is 2. The zero-order chi connectivity index (χ0) is 23.5. The lowest BCUT2D eigenvalue weighted by molar-refractivity contribution is -0.143. The Labute approximate surface area is 191 Å². The van der Waals surface area contributed by atoms with E-state index in [0.717, 1.165) is 23.3 Å². The molecule has 0 aliphatic heterocycles. The molecule has 6 heteroatoms. The fraction of sp³-hybridized carbons (Fsp3) is 0.462. The molecule has 2 aromatic rings. The molecular formula is C26H36N2O4. The Kier molecular flexibility index (Phi) is 10.1. The minimum absolute atomic E-state index is 0.128. The fourth-order valence-electron chi connectivity index (χ4n) is 3.52. The molecule has 0 unspecified atom stereocenters. The van der Waals surface area contributed by atoms with E-state index in [2.05, 4.69) is 19.2 Å². The average Bonchev–Trinajstić information content (AvgIpc) is 2.81. The molecule has 0 bridgehead atoms. The molecule has 0 saturated carbocycles.